The van der Waals surface area contributed by atoms with Crippen molar-refractivity contribution in [2.75, 3.05) is 18.0 Å². The molecule has 0 aliphatic carbocycles. The van der Waals surface area contributed by atoms with Gasteiger partial charge in [-0.2, -0.15) is 0 Å². The minimum absolute atomic E-state index is 0.426. The van der Waals surface area contributed by atoms with E-state index in [1.807, 2.05) is 19.1 Å². The van der Waals surface area contributed by atoms with Crippen LogP contribution < -0.4 is 10.2 Å². The van der Waals surface area contributed by atoms with Crippen LogP contribution >= 0.6 is 23.2 Å². The maximum Gasteiger partial charge on any atom is 0.0643 e. The Bertz CT molecular complexity index is 474. The number of anilines is 1. The van der Waals surface area contributed by atoms with Gasteiger partial charge in [0.05, 0.1) is 10.7 Å². The molecular formula is C16H24Cl2N2. The molecule has 2 unspecified atom stereocenters. The molecule has 0 amide bonds. The van der Waals surface area contributed by atoms with Gasteiger partial charge in [0, 0.05) is 30.2 Å². The second kappa shape index (κ2) is 6.55. The first-order valence-electron chi connectivity index (χ1n) is 7.34. The molecule has 20 heavy (non-hydrogen) atoms. The Kier molecular flexibility index (Phi) is 5.22. The maximum atomic E-state index is 6.43. The summed E-state index contributed by atoms with van der Waals surface area (Å²) in [7, 11) is 0. The predicted octanol–water partition coefficient (Wildman–Crippen LogP) is 4.51. The Balaban J connectivity index is 2.23. The van der Waals surface area contributed by atoms with Gasteiger partial charge in [0.25, 0.3) is 0 Å². The van der Waals surface area contributed by atoms with Crippen molar-refractivity contribution in [2.24, 2.45) is 5.92 Å². The molecule has 1 aliphatic rings. The summed E-state index contributed by atoms with van der Waals surface area (Å²) in [5.41, 5.74) is 2.09. The smallest absolute Gasteiger partial charge is 0.0643 e. The molecule has 0 radical (unpaired) electrons. The second-order valence-corrected chi connectivity index (χ2v) is 7.10. The molecule has 2 rings (SSSR count). The van der Waals surface area contributed by atoms with Crippen LogP contribution in [0.2, 0.25) is 10.0 Å². The summed E-state index contributed by atoms with van der Waals surface area (Å²) in [6, 6.07) is 4.91. The van der Waals surface area contributed by atoms with Crippen molar-refractivity contribution in [3.05, 3.63) is 27.7 Å². The number of rotatable bonds is 3. The van der Waals surface area contributed by atoms with Crippen molar-refractivity contribution < 1.29 is 0 Å². The Morgan fingerprint density at radius 1 is 1.30 bits per heavy atom. The first kappa shape index (κ1) is 15.9. The first-order valence-corrected chi connectivity index (χ1v) is 8.09. The molecule has 1 saturated heterocycles. The van der Waals surface area contributed by atoms with Crippen molar-refractivity contribution in [2.45, 2.75) is 46.2 Å². The van der Waals surface area contributed by atoms with Gasteiger partial charge in [-0.3, -0.25) is 0 Å². The summed E-state index contributed by atoms with van der Waals surface area (Å²) in [5, 5.41) is 5.21. The van der Waals surface area contributed by atoms with Crippen molar-refractivity contribution in [1.29, 1.82) is 0 Å². The lowest BCUT2D eigenvalue weighted by Gasteiger charge is -2.41. The fraction of sp³-hybridized carbons (Fsp3) is 0.625. The molecule has 1 fully saturated rings. The SMILES string of the molecule is Cc1cc(Cl)c(N2CC(CC(C)C)NCC2C)cc1Cl. The Morgan fingerprint density at radius 3 is 2.65 bits per heavy atom. The number of nitrogens with one attached hydrogen (secondary N) is 1. The number of aryl methyl sites for hydroxylation is 1. The largest absolute Gasteiger partial charge is 0.365 e. The molecule has 112 valence electrons. The molecule has 0 aromatic heterocycles. The highest BCUT2D eigenvalue weighted by Crippen LogP contribution is 2.33. The molecule has 1 N–H and O–H groups in total. The van der Waals surface area contributed by atoms with E-state index in [9.17, 15) is 0 Å². The molecule has 1 aliphatic heterocycles. The summed E-state index contributed by atoms with van der Waals surface area (Å²) in [6.45, 7) is 10.7. The average Bonchev–Trinajstić information content (AvgIpc) is 2.36. The van der Waals surface area contributed by atoms with Crippen LogP contribution in [0.4, 0.5) is 5.69 Å². The van der Waals surface area contributed by atoms with Gasteiger partial charge in [0.1, 0.15) is 0 Å². The molecule has 1 aromatic carbocycles. The number of hydrogen-bond acceptors (Lipinski definition) is 2. The van der Waals surface area contributed by atoms with E-state index in [0.717, 1.165) is 34.4 Å². The van der Waals surface area contributed by atoms with Crippen LogP contribution in [0.15, 0.2) is 12.1 Å². The van der Waals surface area contributed by atoms with Gasteiger partial charge in [0.2, 0.25) is 0 Å². The van der Waals surface area contributed by atoms with Gasteiger partial charge in [-0.25, -0.2) is 0 Å². The van der Waals surface area contributed by atoms with Gasteiger partial charge < -0.3 is 10.2 Å². The van der Waals surface area contributed by atoms with E-state index in [-0.39, 0.29) is 0 Å². The third kappa shape index (κ3) is 3.60. The second-order valence-electron chi connectivity index (χ2n) is 6.29. The van der Waals surface area contributed by atoms with Gasteiger partial charge >= 0.3 is 0 Å². The normalized spacial score (nSPS) is 23.4. The van der Waals surface area contributed by atoms with E-state index in [4.69, 9.17) is 23.2 Å². The number of benzene rings is 1. The van der Waals surface area contributed by atoms with Crippen LogP contribution in [0.25, 0.3) is 0 Å². The minimum atomic E-state index is 0.426. The number of nitrogens with zero attached hydrogens (tertiary/aromatic N) is 1. The average molecular weight is 315 g/mol. The number of piperazine rings is 1. The van der Waals surface area contributed by atoms with Gasteiger partial charge in [-0.1, -0.05) is 37.0 Å². The molecule has 4 heteroatoms. The maximum absolute atomic E-state index is 6.43. The standard InChI is InChI=1S/C16H24Cl2N2/c1-10(2)5-13-9-20(12(4)8-19-13)16-7-14(17)11(3)6-15(16)18/h6-7,10,12-13,19H,5,8-9H2,1-4H3. The molecule has 1 heterocycles. The van der Waals surface area contributed by atoms with Crippen molar-refractivity contribution in [3.63, 3.8) is 0 Å². The zero-order chi connectivity index (χ0) is 14.9. The Morgan fingerprint density at radius 2 is 2.00 bits per heavy atom. The van der Waals surface area contributed by atoms with Crippen LogP contribution in [0.1, 0.15) is 32.8 Å². The third-order valence-electron chi connectivity index (χ3n) is 3.94. The lowest BCUT2D eigenvalue weighted by atomic mass is 9.99. The molecular weight excluding hydrogens is 291 g/mol. The minimum Gasteiger partial charge on any atom is -0.365 e. The quantitative estimate of drug-likeness (QED) is 0.882. The number of hydrogen-bond donors (Lipinski definition) is 1. The van der Waals surface area contributed by atoms with Gasteiger partial charge in [-0.15, -0.1) is 0 Å². The van der Waals surface area contributed by atoms with Crippen molar-refractivity contribution in [3.8, 4) is 0 Å². The zero-order valence-corrected chi connectivity index (χ0v) is 14.2. The predicted molar refractivity (Wildman–Crippen MR) is 89.3 cm³/mol. The monoisotopic (exact) mass is 314 g/mol. The summed E-state index contributed by atoms with van der Waals surface area (Å²) in [6.07, 6.45) is 1.18. The molecule has 2 nitrogen and oxygen atoms in total. The lowest BCUT2D eigenvalue weighted by molar-refractivity contribution is 0.356. The Labute approximate surface area is 132 Å². The summed E-state index contributed by atoms with van der Waals surface area (Å²) in [5.74, 6) is 0.694. The topological polar surface area (TPSA) is 15.3 Å². The van der Waals surface area contributed by atoms with E-state index < -0.39 is 0 Å². The van der Waals surface area contributed by atoms with E-state index in [1.165, 1.54) is 6.42 Å². The van der Waals surface area contributed by atoms with Crippen molar-refractivity contribution in [1.82, 2.24) is 5.32 Å². The molecule has 0 saturated carbocycles. The summed E-state index contributed by atoms with van der Waals surface area (Å²) in [4.78, 5) is 2.39. The molecule has 2 atom stereocenters. The van der Waals surface area contributed by atoms with E-state index >= 15 is 0 Å². The van der Waals surface area contributed by atoms with E-state index in [0.29, 0.717) is 18.0 Å². The highest BCUT2D eigenvalue weighted by atomic mass is 35.5. The third-order valence-corrected chi connectivity index (χ3v) is 4.65. The molecule has 0 bridgehead atoms. The highest BCUT2D eigenvalue weighted by Gasteiger charge is 2.27. The van der Waals surface area contributed by atoms with Crippen molar-refractivity contribution >= 4 is 28.9 Å². The fourth-order valence-corrected chi connectivity index (χ4v) is 3.33. The van der Waals surface area contributed by atoms with Crippen LogP contribution in [0.3, 0.4) is 0 Å². The van der Waals surface area contributed by atoms with Gasteiger partial charge in [0.15, 0.2) is 0 Å². The summed E-state index contributed by atoms with van der Waals surface area (Å²) < 4.78 is 0. The highest BCUT2D eigenvalue weighted by molar-refractivity contribution is 6.35. The Hall–Kier alpha value is -0.440. The van der Waals surface area contributed by atoms with E-state index in [1.54, 1.807) is 0 Å². The molecule has 1 aromatic rings. The molecule has 0 spiro atoms. The van der Waals surface area contributed by atoms with E-state index in [2.05, 4.69) is 31.0 Å². The van der Waals surface area contributed by atoms with Crippen LogP contribution in [0.5, 0.6) is 0 Å². The van der Waals surface area contributed by atoms with Gasteiger partial charge in [-0.05, 0) is 43.9 Å². The first-order chi connectivity index (χ1) is 9.38. The van der Waals surface area contributed by atoms with Crippen LogP contribution in [-0.2, 0) is 0 Å². The summed E-state index contributed by atoms with van der Waals surface area (Å²) >= 11 is 12.7. The van der Waals surface area contributed by atoms with Crippen LogP contribution in [-0.4, -0.2) is 25.2 Å². The number of halogens is 2. The lowest BCUT2D eigenvalue weighted by Crippen LogP contribution is -2.56. The fourth-order valence-electron chi connectivity index (χ4n) is 2.85. The zero-order valence-electron chi connectivity index (χ0n) is 12.7. The van der Waals surface area contributed by atoms with Crippen LogP contribution in [0, 0.1) is 12.8 Å².